The molecule has 1 N–H and O–H groups in total. The molecule has 5 rings (SSSR count). The third kappa shape index (κ3) is 6.91. The average Bonchev–Trinajstić information content (AvgIpc) is 3.23. The van der Waals surface area contributed by atoms with Crippen LogP contribution < -0.4 is 9.64 Å². The van der Waals surface area contributed by atoms with Crippen LogP contribution in [-0.2, 0) is 19.3 Å². The Kier molecular flexibility index (Phi) is 9.24. The molecule has 4 nitrogen and oxygen atoms in total. The van der Waals surface area contributed by atoms with Crippen molar-refractivity contribution in [3.63, 3.8) is 0 Å². The molecule has 1 aliphatic heterocycles. The van der Waals surface area contributed by atoms with Gasteiger partial charge < -0.3 is 14.7 Å². The Bertz CT molecular complexity index is 1150. The first kappa shape index (κ1) is 26.6. The van der Waals surface area contributed by atoms with Crippen molar-refractivity contribution in [3.05, 3.63) is 89.0 Å². The van der Waals surface area contributed by atoms with Crippen LogP contribution in [0.5, 0.6) is 11.5 Å². The zero-order chi connectivity index (χ0) is 26.2. The quantitative estimate of drug-likeness (QED) is 0.318. The summed E-state index contributed by atoms with van der Waals surface area (Å²) >= 11 is 0. The van der Waals surface area contributed by atoms with E-state index in [4.69, 9.17) is 4.74 Å². The molecule has 1 heterocycles. The van der Waals surface area contributed by atoms with Crippen LogP contribution in [0.4, 0.5) is 5.69 Å². The molecule has 38 heavy (non-hydrogen) atoms. The minimum absolute atomic E-state index is 0.382. The number of nitrogens with zero attached hydrogens (tertiary/aromatic N) is 2. The molecular formula is C34H44N2O2. The van der Waals surface area contributed by atoms with E-state index in [9.17, 15) is 5.11 Å². The summed E-state index contributed by atoms with van der Waals surface area (Å²) < 4.78 is 6.07. The van der Waals surface area contributed by atoms with E-state index in [-0.39, 0.29) is 0 Å². The standard InChI is InChI=1S/C34H44N2O2/c1-2-36(22-19-27-11-17-32(18-12-27)38-24-23-35-20-7-3-4-8-21-35)34-10-6-5-9-33(34)30-14-13-29-26-31(37)16-15-28(29)25-30/h5-6,9-12,15-18,26,30,37H,2-4,7-8,13-14,19-25H2,1H3. The van der Waals surface area contributed by atoms with Crippen molar-refractivity contribution in [2.45, 2.75) is 64.2 Å². The molecule has 0 saturated carbocycles. The summed E-state index contributed by atoms with van der Waals surface area (Å²) in [6, 6.07) is 23.6. The summed E-state index contributed by atoms with van der Waals surface area (Å²) in [7, 11) is 0. The third-order valence-electron chi connectivity index (χ3n) is 8.49. The summed E-state index contributed by atoms with van der Waals surface area (Å²) in [6.07, 6.45) is 9.63. The number of rotatable bonds is 10. The summed E-state index contributed by atoms with van der Waals surface area (Å²) in [5.41, 5.74) is 6.87. The molecule has 0 aromatic heterocycles. The lowest BCUT2D eigenvalue weighted by Gasteiger charge is -2.31. The molecule has 1 unspecified atom stereocenters. The van der Waals surface area contributed by atoms with Gasteiger partial charge in [-0.1, -0.05) is 49.2 Å². The van der Waals surface area contributed by atoms with E-state index in [0.29, 0.717) is 11.7 Å². The van der Waals surface area contributed by atoms with Gasteiger partial charge in [-0.05, 0) is 117 Å². The third-order valence-corrected chi connectivity index (χ3v) is 8.49. The van der Waals surface area contributed by atoms with Gasteiger partial charge in [0, 0.05) is 25.3 Å². The van der Waals surface area contributed by atoms with E-state index >= 15 is 0 Å². The van der Waals surface area contributed by atoms with Gasteiger partial charge in [0.05, 0.1) is 0 Å². The van der Waals surface area contributed by atoms with E-state index in [2.05, 4.69) is 71.3 Å². The van der Waals surface area contributed by atoms with Crippen molar-refractivity contribution in [1.82, 2.24) is 4.90 Å². The number of phenolic OH excluding ortho intramolecular Hbond substituents is 1. The van der Waals surface area contributed by atoms with Crippen LogP contribution >= 0.6 is 0 Å². The Labute approximate surface area is 229 Å². The van der Waals surface area contributed by atoms with E-state index < -0.39 is 0 Å². The molecule has 0 radical (unpaired) electrons. The number of anilines is 1. The van der Waals surface area contributed by atoms with Gasteiger partial charge in [-0.3, -0.25) is 4.90 Å². The normalized spacial score (nSPS) is 18.0. The van der Waals surface area contributed by atoms with Crippen LogP contribution in [0.2, 0.25) is 0 Å². The first-order chi connectivity index (χ1) is 18.7. The number of para-hydroxylation sites is 1. The lowest BCUT2D eigenvalue weighted by Crippen LogP contribution is -2.29. The molecule has 1 saturated heterocycles. The van der Waals surface area contributed by atoms with Crippen LogP contribution in [0, 0.1) is 0 Å². The van der Waals surface area contributed by atoms with Crippen molar-refractivity contribution < 1.29 is 9.84 Å². The first-order valence-corrected chi connectivity index (χ1v) is 14.8. The predicted octanol–water partition coefficient (Wildman–Crippen LogP) is 6.99. The summed E-state index contributed by atoms with van der Waals surface area (Å²) in [4.78, 5) is 5.09. The second-order valence-electron chi connectivity index (χ2n) is 11.0. The van der Waals surface area contributed by atoms with Crippen molar-refractivity contribution in [2.24, 2.45) is 0 Å². The second kappa shape index (κ2) is 13.2. The van der Waals surface area contributed by atoms with Crippen molar-refractivity contribution in [2.75, 3.05) is 44.2 Å². The molecule has 4 heteroatoms. The molecule has 3 aromatic carbocycles. The number of likely N-dealkylation sites (N-methyl/N-ethyl adjacent to an activating group) is 1. The maximum Gasteiger partial charge on any atom is 0.119 e. The fourth-order valence-electron chi connectivity index (χ4n) is 6.25. The molecule has 0 amide bonds. The SMILES string of the molecule is CCN(CCc1ccc(OCCN2CCCCCC2)cc1)c1ccccc1C1CCc2cc(O)ccc2C1. The van der Waals surface area contributed by atoms with Gasteiger partial charge in [0.2, 0.25) is 0 Å². The fraction of sp³-hybridized carbons (Fsp3) is 0.471. The van der Waals surface area contributed by atoms with E-state index in [1.165, 1.54) is 66.7 Å². The van der Waals surface area contributed by atoms with Crippen LogP contribution in [-0.4, -0.2) is 49.3 Å². The number of fused-ring (bicyclic) bond motifs is 1. The smallest absolute Gasteiger partial charge is 0.119 e. The van der Waals surface area contributed by atoms with Crippen molar-refractivity contribution in [3.8, 4) is 11.5 Å². The number of likely N-dealkylation sites (tertiary alicyclic amines) is 1. The Balaban J connectivity index is 1.16. The van der Waals surface area contributed by atoms with Gasteiger partial charge >= 0.3 is 0 Å². The fourth-order valence-corrected chi connectivity index (χ4v) is 6.25. The summed E-state index contributed by atoms with van der Waals surface area (Å²) in [6.45, 7) is 8.49. The average molecular weight is 513 g/mol. The molecule has 1 atom stereocenters. The highest BCUT2D eigenvalue weighted by Crippen LogP contribution is 2.38. The van der Waals surface area contributed by atoms with E-state index in [1.54, 1.807) is 0 Å². The Morgan fingerprint density at radius 2 is 1.71 bits per heavy atom. The number of aryl methyl sites for hydroxylation is 1. The Morgan fingerprint density at radius 3 is 2.50 bits per heavy atom. The molecular weight excluding hydrogens is 468 g/mol. The molecule has 202 valence electrons. The van der Waals surface area contributed by atoms with Gasteiger partial charge in [-0.15, -0.1) is 0 Å². The molecule has 1 aliphatic carbocycles. The summed E-state index contributed by atoms with van der Waals surface area (Å²) in [5.74, 6) is 1.88. The topological polar surface area (TPSA) is 35.9 Å². The number of hydrogen-bond donors (Lipinski definition) is 1. The zero-order valence-electron chi connectivity index (χ0n) is 23.1. The Morgan fingerprint density at radius 1 is 0.921 bits per heavy atom. The first-order valence-electron chi connectivity index (χ1n) is 14.8. The minimum atomic E-state index is 0.382. The zero-order valence-corrected chi connectivity index (χ0v) is 23.1. The minimum Gasteiger partial charge on any atom is -0.508 e. The van der Waals surface area contributed by atoms with Gasteiger partial charge in [-0.25, -0.2) is 0 Å². The monoisotopic (exact) mass is 512 g/mol. The van der Waals surface area contributed by atoms with Crippen LogP contribution in [0.15, 0.2) is 66.7 Å². The molecule has 2 aliphatic rings. The number of benzene rings is 3. The number of hydrogen-bond acceptors (Lipinski definition) is 4. The van der Waals surface area contributed by atoms with Gasteiger partial charge in [0.25, 0.3) is 0 Å². The van der Waals surface area contributed by atoms with Crippen molar-refractivity contribution >= 4 is 5.69 Å². The number of phenols is 1. The lowest BCUT2D eigenvalue weighted by atomic mass is 9.79. The highest BCUT2D eigenvalue weighted by molar-refractivity contribution is 5.56. The highest BCUT2D eigenvalue weighted by atomic mass is 16.5. The summed E-state index contributed by atoms with van der Waals surface area (Å²) in [5, 5.41) is 9.87. The molecule has 1 fully saturated rings. The Hall–Kier alpha value is -2.98. The van der Waals surface area contributed by atoms with Crippen LogP contribution in [0.25, 0.3) is 0 Å². The van der Waals surface area contributed by atoms with Gasteiger partial charge in [-0.2, -0.15) is 0 Å². The van der Waals surface area contributed by atoms with E-state index in [1.807, 2.05) is 12.1 Å². The van der Waals surface area contributed by atoms with Gasteiger partial charge in [0.15, 0.2) is 0 Å². The van der Waals surface area contributed by atoms with Crippen molar-refractivity contribution in [1.29, 1.82) is 0 Å². The maximum atomic E-state index is 9.87. The van der Waals surface area contributed by atoms with Gasteiger partial charge in [0.1, 0.15) is 18.1 Å². The van der Waals surface area contributed by atoms with Crippen LogP contribution in [0.1, 0.15) is 67.2 Å². The second-order valence-corrected chi connectivity index (χ2v) is 11.0. The van der Waals surface area contributed by atoms with Crippen LogP contribution in [0.3, 0.4) is 0 Å². The largest absolute Gasteiger partial charge is 0.508 e. The lowest BCUT2D eigenvalue weighted by molar-refractivity contribution is 0.214. The highest BCUT2D eigenvalue weighted by Gasteiger charge is 2.24. The van der Waals surface area contributed by atoms with E-state index in [0.717, 1.165) is 57.7 Å². The maximum absolute atomic E-state index is 9.87. The molecule has 0 spiro atoms. The number of aromatic hydroxyl groups is 1. The molecule has 0 bridgehead atoms. The number of ether oxygens (including phenoxy) is 1. The molecule has 3 aromatic rings. The predicted molar refractivity (Wildman–Crippen MR) is 158 cm³/mol.